The molecule has 108 valence electrons. The molecule has 0 amide bonds. The van der Waals surface area contributed by atoms with Crippen molar-refractivity contribution < 1.29 is 4.74 Å². The highest BCUT2D eigenvalue weighted by Gasteiger charge is 2.35. The molecule has 0 bridgehead atoms. The lowest BCUT2D eigenvalue weighted by molar-refractivity contribution is -0.0588. The van der Waals surface area contributed by atoms with Gasteiger partial charge in [-0.15, -0.1) is 0 Å². The zero-order valence-electron chi connectivity index (χ0n) is 12.1. The van der Waals surface area contributed by atoms with Gasteiger partial charge in [-0.25, -0.2) is 0 Å². The second kappa shape index (κ2) is 5.47. The number of hydrogen-bond acceptors (Lipinski definition) is 3. The fourth-order valence-electron chi connectivity index (χ4n) is 4.07. The minimum atomic E-state index is 0.503. The summed E-state index contributed by atoms with van der Waals surface area (Å²) in [5, 5.41) is 3.48. The third-order valence-electron chi connectivity index (χ3n) is 5.14. The number of benzene rings is 1. The molecule has 0 spiro atoms. The fourth-order valence-corrected chi connectivity index (χ4v) is 4.07. The van der Waals surface area contributed by atoms with E-state index in [0.29, 0.717) is 12.1 Å². The minimum absolute atomic E-state index is 0.503. The molecule has 2 unspecified atom stereocenters. The van der Waals surface area contributed by atoms with E-state index in [1.165, 1.54) is 42.4 Å². The van der Waals surface area contributed by atoms with Crippen LogP contribution < -0.4 is 5.32 Å². The molecule has 1 N–H and O–H groups in total. The van der Waals surface area contributed by atoms with Gasteiger partial charge in [-0.05, 0) is 48.9 Å². The summed E-state index contributed by atoms with van der Waals surface area (Å²) in [5.41, 5.74) is 4.51. The van der Waals surface area contributed by atoms with Crippen molar-refractivity contribution in [2.24, 2.45) is 0 Å². The smallest absolute Gasteiger partial charge is 0.0731 e. The Morgan fingerprint density at radius 1 is 1.25 bits per heavy atom. The molecule has 3 nitrogen and oxygen atoms in total. The van der Waals surface area contributed by atoms with Gasteiger partial charge < -0.3 is 10.1 Å². The van der Waals surface area contributed by atoms with E-state index in [4.69, 9.17) is 4.74 Å². The monoisotopic (exact) mass is 272 g/mol. The van der Waals surface area contributed by atoms with Crippen LogP contribution in [0.1, 0.15) is 36.0 Å². The lowest BCUT2D eigenvalue weighted by Crippen LogP contribution is -2.47. The summed E-state index contributed by atoms with van der Waals surface area (Å²) in [6.07, 6.45) is 5.59. The number of nitrogens with one attached hydrogen (secondary N) is 1. The van der Waals surface area contributed by atoms with Crippen LogP contribution in [0.15, 0.2) is 18.2 Å². The first-order valence-electron chi connectivity index (χ1n) is 8.07. The molecule has 1 saturated heterocycles. The normalized spacial score (nSPS) is 30.0. The highest BCUT2D eigenvalue weighted by Crippen LogP contribution is 2.30. The van der Waals surface area contributed by atoms with Gasteiger partial charge in [0.25, 0.3) is 0 Å². The molecule has 3 heteroatoms. The summed E-state index contributed by atoms with van der Waals surface area (Å²) in [7, 11) is 0. The lowest BCUT2D eigenvalue weighted by atomic mass is 9.98. The summed E-state index contributed by atoms with van der Waals surface area (Å²) in [6, 6.07) is 7.76. The Morgan fingerprint density at radius 2 is 2.25 bits per heavy atom. The van der Waals surface area contributed by atoms with Gasteiger partial charge in [-0.2, -0.15) is 0 Å². The molecule has 2 atom stereocenters. The van der Waals surface area contributed by atoms with E-state index in [-0.39, 0.29) is 0 Å². The quantitative estimate of drug-likeness (QED) is 0.892. The lowest BCUT2D eigenvalue weighted by Gasteiger charge is -2.37. The Labute approximate surface area is 121 Å². The molecule has 1 aromatic rings. The number of morpholine rings is 1. The minimum Gasteiger partial charge on any atom is -0.375 e. The zero-order valence-corrected chi connectivity index (χ0v) is 12.1. The van der Waals surface area contributed by atoms with Crippen molar-refractivity contribution in [3.63, 3.8) is 0 Å². The van der Waals surface area contributed by atoms with Crippen LogP contribution in [0, 0.1) is 0 Å². The second-order valence-corrected chi connectivity index (χ2v) is 6.41. The van der Waals surface area contributed by atoms with Crippen LogP contribution in [0.3, 0.4) is 0 Å². The van der Waals surface area contributed by atoms with Crippen LogP contribution in [-0.2, 0) is 24.2 Å². The zero-order chi connectivity index (χ0) is 13.4. The number of fused-ring (bicyclic) bond motifs is 2. The Bertz CT molecular complexity index is 488. The highest BCUT2D eigenvalue weighted by atomic mass is 16.5. The maximum absolute atomic E-state index is 5.91. The van der Waals surface area contributed by atoms with E-state index in [2.05, 4.69) is 28.4 Å². The summed E-state index contributed by atoms with van der Waals surface area (Å²) >= 11 is 0. The summed E-state index contributed by atoms with van der Waals surface area (Å²) in [4.78, 5) is 2.65. The number of ether oxygens (including phenoxy) is 1. The van der Waals surface area contributed by atoms with Gasteiger partial charge in [0.1, 0.15) is 0 Å². The summed E-state index contributed by atoms with van der Waals surface area (Å²) in [6.45, 7) is 5.26. The van der Waals surface area contributed by atoms with Crippen molar-refractivity contribution >= 4 is 0 Å². The average molecular weight is 272 g/mol. The van der Waals surface area contributed by atoms with Crippen molar-refractivity contribution in [3.05, 3.63) is 34.9 Å². The Morgan fingerprint density at radius 3 is 3.25 bits per heavy atom. The van der Waals surface area contributed by atoms with E-state index in [1.807, 2.05) is 0 Å². The van der Waals surface area contributed by atoms with Gasteiger partial charge >= 0.3 is 0 Å². The standard InChI is InChI=1S/C17H24N2O/c1-2-16-17(3-1)20-9-8-19(16)12-13-4-5-14-6-7-18-11-15(14)10-13/h4-5,10,16-18H,1-3,6-9,11-12H2. The average Bonchev–Trinajstić information content (AvgIpc) is 2.97. The second-order valence-electron chi connectivity index (χ2n) is 6.41. The van der Waals surface area contributed by atoms with E-state index < -0.39 is 0 Å². The highest BCUT2D eigenvalue weighted by molar-refractivity contribution is 5.33. The van der Waals surface area contributed by atoms with Crippen molar-refractivity contribution in [3.8, 4) is 0 Å². The predicted octanol–water partition coefficient (Wildman–Crippen LogP) is 2.09. The van der Waals surface area contributed by atoms with E-state index in [9.17, 15) is 0 Å². The van der Waals surface area contributed by atoms with Crippen LogP contribution in [0.4, 0.5) is 0 Å². The molecule has 4 rings (SSSR count). The molecule has 1 aliphatic carbocycles. The first-order valence-corrected chi connectivity index (χ1v) is 8.07. The molecule has 3 aliphatic rings. The van der Waals surface area contributed by atoms with Crippen molar-refractivity contribution in [2.75, 3.05) is 19.7 Å². The van der Waals surface area contributed by atoms with Gasteiger partial charge in [0.05, 0.1) is 12.7 Å². The Balaban J connectivity index is 1.50. The molecular formula is C17H24N2O. The molecule has 1 saturated carbocycles. The molecule has 0 aromatic heterocycles. The van der Waals surface area contributed by atoms with Gasteiger partial charge in [0.2, 0.25) is 0 Å². The third kappa shape index (κ3) is 2.39. The summed E-state index contributed by atoms with van der Waals surface area (Å²) < 4.78 is 5.91. The molecule has 0 radical (unpaired) electrons. The summed E-state index contributed by atoms with van der Waals surface area (Å²) in [5.74, 6) is 0. The maximum atomic E-state index is 5.91. The van der Waals surface area contributed by atoms with Crippen molar-refractivity contribution in [1.29, 1.82) is 0 Å². The van der Waals surface area contributed by atoms with E-state index in [1.54, 1.807) is 0 Å². The first kappa shape index (κ1) is 12.8. The number of hydrogen-bond donors (Lipinski definition) is 1. The van der Waals surface area contributed by atoms with Gasteiger partial charge in [-0.1, -0.05) is 18.2 Å². The first-order chi connectivity index (χ1) is 9.90. The molecule has 2 fully saturated rings. The largest absolute Gasteiger partial charge is 0.375 e. The van der Waals surface area contributed by atoms with Gasteiger partial charge in [0, 0.05) is 25.7 Å². The fraction of sp³-hybridized carbons (Fsp3) is 0.647. The van der Waals surface area contributed by atoms with Crippen LogP contribution in [-0.4, -0.2) is 36.7 Å². The molecule has 20 heavy (non-hydrogen) atoms. The molecule has 2 aliphatic heterocycles. The van der Waals surface area contributed by atoms with Crippen LogP contribution in [0.2, 0.25) is 0 Å². The van der Waals surface area contributed by atoms with Gasteiger partial charge in [-0.3, -0.25) is 4.90 Å². The maximum Gasteiger partial charge on any atom is 0.0731 e. The van der Waals surface area contributed by atoms with Gasteiger partial charge in [0.15, 0.2) is 0 Å². The molecule has 2 heterocycles. The molecule has 1 aromatic carbocycles. The van der Waals surface area contributed by atoms with Crippen LogP contribution in [0.25, 0.3) is 0 Å². The molecular weight excluding hydrogens is 248 g/mol. The SMILES string of the molecule is c1cc2c(cc1CN1CCOC3CCCC31)CNCC2. The Kier molecular flexibility index (Phi) is 3.51. The third-order valence-corrected chi connectivity index (χ3v) is 5.14. The van der Waals surface area contributed by atoms with E-state index >= 15 is 0 Å². The number of nitrogens with zero attached hydrogens (tertiary/aromatic N) is 1. The van der Waals surface area contributed by atoms with Crippen LogP contribution >= 0.6 is 0 Å². The topological polar surface area (TPSA) is 24.5 Å². The van der Waals surface area contributed by atoms with Crippen molar-refractivity contribution in [1.82, 2.24) is 10.2 Å². The van der Waals surface area contributed by atoms with Crippen molar-refractivity contribution in [2.45, 2.75) is 50.9 Å². The van der Waals surface area contributed by atoms with Crippen LogP contribution in [0.5, 0.6) is 0 Å². The Hall–Kier alpha value is -0.900. The van der Waals surface area contributed by atoms with E-state index in [0.717, 1.165) is 32.8 Å². The predicted molar refractivity (Wildman–Crippen MR) is 79.6 cm³/mol. The number of rotatable bonds is 2.